The van der Waals surface area contributed by atoms with Gasteiger partial charge in [0.15, 0.2) is 0 Å². The second kappa shape index (κ2) is 5.74. The molecule has 0 bridgehead atoms. The second-order valence-corrected chi connectivity index (χ2v) is 5.33. The van der Waals surface area contributed by atoms with Crippen molar-refractivity contribution in [2.24, 2.45) is 5.14 Å². The van der Waals surface area contributed by atoms with Crippen LogP contribution >= 0.6 is 0 Å². The van der Waals surface area contributed by atoms with Crippen molar-refractivity contribution >= 4 is 21.4 Å². The highest BCUT2D eigenvalue weighted by Gasteiger charge is 2.03. The van der Waals surface area contributed by atoms with Gasteiger partial charge in [0.25, 0.3) is 0 Å². The van der Waals surface area contributed by atoms with Crippen LogP contribution in [0.15, 0.2) is 18.2 Å². The van der Waals surface area contributed by atoms with E-state index < -0.39 is 10.0 Å². The van der Waals surface area contributed by atoms with Gasteiger partial charge in [0, 0.05) is 12.6 Å². The highest BCUT2D eigenvalue weighted by atomic mass is 32.2. The molecule has 0 saturated heterocycles. The van der Waals surface area contributed by atoms with Crippen LogP contribution in [0.25, 0.3) is 0 Å². The fourth-order valence-electron chi connectivity index (χ4n) is 1.31. The number of nitrogens with two attached hydrogens (primary N) is 2. The van der Waals surface area contributed by atoms with E-state index >= 15 is 0 Å². The molecule has 6 nitrogen and oxygen atoms in total. The fraction of sp³-hybridized carbons (Fsp3) is 0.400. The Morgan fingerprint density at radius 2 is 2.12 bits per heavy atom. The molecule has 96 valence electrons. The molecule has 0 unspecified atom stereocenters. The van der Waals surface area contributed by atoms with Crippen LogP contribution in [0.5, 0.6) is 5.75 Å². The Kier molecular flexibility index (Phi) is 4.59. The largest absolute Gasteiger partial charge is 0.497 e. The minimum absolute atomic E-state index is 0.0517. The molecule has 0 atom stereocenters. The summed E-state index contributed by atoms with van der Waals surface area (Å²) >= 11 is 0. The molecule has 0 aliphatic carbocycles. The maximum Gasteiger partial charge on any atom is 0.209 e. The van der Waals surface area contributed by atoms with E-state index in [4.69, 9.17) is 15.6 Å². The van der Waals surface area contributed by atoms with E-state index in [-0.39, 0.29) is 5.75 Å². The van der Waals surface area contributed by atoms with Crippen LogP contribution < -0.4 is 20.9 Å². The number of nitrogen functional groups attached to an aromatic ring is 1. The van der Waals surface area contributed by atoms with E-state index in [1.807, 2.05) is 0 Å². The molecule has 17 heavy (non-hydrogen) atoms. The van der Waals surface area contributed by atoms with Crippen LogP contribution in [0.3, 0.4) is 0 Å². The molecule has 0 saturated carbocycles. The molecule has 0 aromatic heterocycles. The van der Waals surface area contributed by atoms with Crippen LogP contribution in [0.1, 0.15) is 6.42 Å². The number of sulfonamides is 1. The predicted octanol–water partition coefficient (Wildman–Crippen LogP) is 0.368. The minimum atomic E-state index is -3.40. The minimum Gasteiger partial charge on any atom is -0.497 e. The monoisotopic (exact) mass is 259 g/mol. The number of rotatable bonds is 6. The molecule has 0 aliphatic rings. The standard InChI is InChI=1S/C10H17N3O3S/c1-16-8-3-4-9(11)10(7-8)13-5-2-6-17(12,14)15/h3-4,7,13H,2,5-6,11H2,1H3,(H2,12,14,15). The first-order valence-corrected chi connectivity index (χ1v) is 6.82. The number of anilines is 2. The molecule has 0 radical (unpaired) electrons. The lowest BCUT2D eigenvalue weighted by Gasteiger charge is -2.10. The predicted molar refractivity (Wildman–Crippen MR) is 68.5 cm³/mol. The highest BCUT2D eigenvalue weighted by molar-refractivity contribution is 7.89. The van der Waals surface area contributed by atoms with Gasteiger partial charge < -0.3 is 15.8 Å². The molecule has 0 fully saturated rings. The Labute approximate surface area is 101 Å². The van der Waals surface area contributed by atoms with E-state index in [1.165, 1.54) is 0 Å². The fourth-order valence-corrected chi connectivity index (χ4v) is 1.86. The molecular weight excluding hydrogens is 242 g/mol. The quantitative estimate of drug-likeness (QED) is 0.505. The van der Waals surface area contributed by atoms with Crippen LogP contribution in [0.4, 0.5) is 11.4 Å². The molecule has 5 N–H and O–H groups in total. The summed E-state index contributed by atoms with van der Waals surface area (Å²) in [5.41, 5.74) is 7.06. The Bertz CT molecular complexity index is 474. The van der Waals surface area contributed by atoms with E-state index in [0.717, 1.165) is 5.69 Å². The van der Waals surface area contributed by atoms with Crippen molar-refractivity contribution in [2.45, 2.75) is 6.42 Å². The van der Waals surface area contributed by atoms with E-state index in [9.17, 15) is 8.42 Å². The zero-order valence-electron chi connectivity index (χ0n) is 9.64. The van der Waals surface area contributed by atoms with Gasteiger partial charge in [-0.15, -0.1) is 0 Å². The zero-order valence-corrected chi connectivity index (χ0v) is 10.5. The Hall–Kier alpha value is -1.47. The average molecular weight is 259 g/mol. The summed E-state index contributed by atoms with van der Waals surface area (Å²) in [5.74, 6) is 0.636. The smallest absolute Gasteiger partial charge is 0.209 e. The van der Waals surface area contributed by atoms with Crippen molar-refractivity contribution in [3.63, 3.8) is 0 Å². The molecule has 0 amide bonds. The summed E-state index contributed by atoms with van der Waals surface area (Å²) in [7, 11) is -1.83. The van der Waals surface area contributed by atoms with Gasteiger partial charge in [-0.3, -0.25) is 0 Å². The van der Waals surface area contributed by atoms with Gasteiger partial charge in [0.1, 0.15) is 5.75 Å². The van der Waals surface area contributed by atoms with Crippen LogP contribution in [-0.2, 0) is 10.0 Å². The van der Waals surface area contributed by atoms with Gasteiger partial charge in [0.2, 0.25) is 10.0 Å². The number of ether oxygens (including phenoxy) is 1. The molecule has 7 heteroatoms. The third-order valence-corrected chi connectivity index (χ3v) is 3.04. The third-order valence-electron chi connectivity index (χ3n) is 2.18. The van der Waals surface area contributed by atoms with E-state index in [1.54, 1.807) is 25.3 Å². The first-order chi connectivity index (χ1) is 7.92. The number of methoxy groups -OCH3 is 1. The van der Waals surface area contributed by atoms with Crippen molar-refractivity contribution in [1.82, 2.24) is 0 Å². The van der Waals surface area contributed by atoms with Gasteiger partial charge in [-0.1, -0.05) is 0 Å². The van der Waals surface area contributed by atoms with Crippen LogP contribution in [0.2, 0.25) is 0 Å². The average Bonchev–Trinajstić information content (AvgIpc) is 2.25. The van der Waals surface area contributed by atoms with Crippen molar-refractivity contribution < 1.29 is 13.2 Å². The van der Waals surface area contributed by atoms with Gasteiger partial charge in [-0.2, -0.15) is 0 Å². The van der Waals surface area contributed by atoms with E-state index in [2.05, 4.69) is 5.32 Å². The van der Waals surface area contributed by atoms with Gasteiger partial charge >= 0.3 is 0 Å². The molecule has 1 aromatic carbocycles. The highest BCUT2D eigenvalue weighted by Crippen LogP contribution is 2.24. The number of hydrogen-bond donors (Lipinski definition) is 3. The molecule has 0 spiro atoms. The first-order valence-electron chi connectivity index (χ1n) is 5.10. The summed E-state index contributed by atoms with van der Waals surface area (Å²) in [6.45, 7) is 0.480. The maximum atomic E-state index is 10.7. The summed E-state index contributed by atoms with van der Waals surface area (Å²) in [6, 6.07) is 5.23. The number of primary sulfonamides is 1. The molecule has 0 heterocycles. The lowest BCUT2D eigenvalue weighted by atomic mass is 10.2. The molecular formula is C10H17N3O3S. The van der Waals surface area contributed by atoms with Crippen molar-refractivity contribution in [3.05, 3.63) is 18.2 Å². The molecule has 1 rings (SSSR count). The number of benzene rings is 1. The van der Waals surface area contributed by atoms with Gasteiger partial charge in [-0.05, 0) is 18.6 Å². The maximum absolute atomic E-state index is 10.7. The topological polar surface area (TPSA) is 107 Å². The third kappa shape index (κ3) is 4.92. The Morgan fingerprint density at radius 1 is 1.41 bits per heavy atom. The van der Waals surface area contributed by atoms with Gasteiger partial charge in [0.05, 0.1) is 24.2 Å². The summed E-state index contributed by atoms with van der Waals surface area (Å²) in [4.78, 5) is 0. The van der Waals surface area contributed by atoms with Crippen molar-refractivity contribution in [2.75, 3.05) is 30.5 Å². The lowest BCUT2D eigenvalue weighted by Crippen LogP contribution is -2.18. The summed E-state index contributed by atoms with van der Waals surface area (Å²) in [5, 5.41) is 7.93. The molecule has 0 aliphatic heterocycles. The lowest BCUT2D eigenvalue weighted by molar-refractivity contribution is 0.415. The van der Waals surface area contributed by atoms with Crippen molar-refractivity contribution in [1.29, 1.82) is 0 Å². The SMILES string of the molecule is COc1ccc(N)c(NCCCS(N)(=O)=O)c1. The van der Waals surface area contributed by atoms with Gasteiger partial charge in [-0.25, -0.2) is 13.6 Å². The van der Waals surface area contributed by atoms with Crippen molar-refractivity contribution in [3.8, 4) is 5.75 Å². The first kappa shape index (κ1) is 13.6. The van der Waals surface area contributed by atoms with E-state index in [0.29, 0.717) is 24.4 Å². The number of hydrogen-bond acceptors (Lipinski definition) is 5. The Morgan fingerprint density at radius 3 is 2.71 bits per heavy atom. The van der Waals surface area contributed by atoms with Crippen LogP contribution in [-0.4, -0.2) is 27.8 Å². The number of nitrogens with one attached hydrogen (secondary N) is 1. The zero-order chi connectivity index (χ0) is 12.9. The normalized spacial score (nSPS) is 11.2. The van der Waals surface area contributed by atoms with Crippen LogP contribution in [0, 0.1) is 0 Å². The summed E-state index contributed by atoms with van der Waals surface area (Å²) in [6.07, 6.45) is 0.426. The second-order valence-electron chi connectivity index (χ2n) is 3.60. The molecule has 1 aromatic rings. The Balaban J connectivity index is 2.51. The summed E-state index contributed by atoms with van der Waals surface area (Å²) < 4.78 is 26.5.